The zero-order valence-corrected chi connectivity index (χ0v) is 15.2. The van der Waals surface area contributed by atoms with Crippen molar-refractivity contribution < 1.29 is 14.6 Å². The molecule has 136 valence electrons. The molecule has 0 spiro atoms. The quantitative estimate of drug-likeness (QED) is 0.820. The van der Waals surface area contributed by atoms with Crippen molar-refractivity contribution in [2.45, 2.75) is 46.3 Å². The van der Waals surface area contributed by atoms with Gasteiger partial charge in [0.15, 0.2) is 0 Å². The number of carboxylic acids is 1. The van der Waals surface area contributed by atoms with Crippen LogP contribution in [0.2, 0.25) is 0 Å². The molecule has 1 N–H and O–H groups in total. The average molecular weight is 352 g/mol. The number of rotatable bonds is 7. The molecule has 2 aromatic rings. The Morgan fingerprint density at radius 1 is 1.23 bits per heavy atom. The zero-order chi connectivity index (χ0) is 18.5. The maximum absolute atomic E-state index is 11.0. The Morgan fingerprint density at radius 3 is 2.62 bits per heavy atom. The minimum absolute atomic E-state index is 0.0129. The number of benzene rings is 1. The van der Waals surface area contributed by atoms with Crippen molar-refractivity contribution in [1.29, 1.82) is 0 Å². The van der Waals surface area contributed by atoms with Gasteiger partial charge in [0.1, 0.15) is 6.61 Å². The first-order valence-corrected chi connectivity index (χ1v) is 8.84. The predicted molar refractivity (Wildman–Crippen MR) is 99.8 cm³/mol. The first-order chi connectivity index (χ1) is 12.5. The highest BCUT2D eigenvalue weighted by Crippen LogP contribution is 2.18. The highest BCUT2D eigenvalue weighted by Gasteiger charge is 2.14. The molecule has 0 aliphatic heterocycles. The van der Waals surface area contributed by atoms with Gasteiger partial charge in [0.25, 0.3) is 0 Å². The van der Waals surface area contributed by atoms with Crippen LogP contribution in [0.5, 0.6) is 0 Å². The molecule has 1 heterocycles. The van der Waals surface area contributed by atoms with Crippen molar-refractivity contribution >= 4 is 5.97 Å². The van der Waals surface area contributed by atoms with Crippen LogP contribution in [-0.4, -0.2) is 20.9 Å². The van der Waals surface area contributed by atoms with Gasteiger partial charge in [-0.3, -0.25) is 9.48 Å². The number of aromatic nitrogens is 2. The molecule has 1 aliphatic rings. The first-order valence-electron chi connectivity index (χ1n) is 8.84. The predicted octanol–water partition coefficient (Wildman–Crippen LogP) is 3.93. The van der Waals surface area contributed by atoms with Crippen LogP contribution in [0.25, 0.3) is 0 Å². The molecule has 0 amide bonds. The molecular weight excluding hydrogens is 328 g/mol. The first kappa shape index (κ1) is 18.0. The van der Waals surface area contributed by atoms with Crippen LogP contribution in [0, 0.1) is 13.8 Å². The molecule has 0 fully saturated rings. The Kier molecular flexibility index (Phi) is 5.56. The van der Waals surface area contributed by atoms with Crippen molar-refractivity contribution in [3.63, 3.8) is 0 Å². The maximum Gasteiger partial charge on any atom is 0.307 e. The van der Waals surface area contributed by atoms with E-state index in [1.165, 1.54) is 0 Å². The molecule has 26 heavy (non-hydrogen) atoms. The van der Waals surface area contributed by atoms with Gasteiger partial charge in [-0.2, -0.15) is 5.10 Å². The Balaban J connectivity index is 1.63. The fraction of sp³-hybridized carbons (Fsp3) is 0.333. The smallest absolute Gasteiger partial charge is 0.307 e. The maximum atomic E-state index is 11.0. The molecule has 0 bridgehead atoms. The largest absolute Gasteiger partial charge is 0.493 e. The van der Waals surface area contributed by atoms with E-state index in [0.717, 1.165) is 46.7 Å². The topological polar surface area (TPSA) is 64.4 Å². The number of aryl methyl sites for hydroxylation is 1. The second kappa shape index (κ2) is 8.04. The second-order valence-electron chi connectivity index (χ2n) is 6.58. The SMILES string of the molecule is Cc1nn(Cc2ccc(COC3=CC=CCC3)cc2)c(C)c1CC(=O)O. The lowest BCUT2D eigenvalue weighted by molar-refractivity contribution is -0.136. The fourth-order valence-corrected chi connectivity index (χ4v) is 3.09. The molecule has 3 rings (SSSR count). The molecule has 0 atom stereocenters. The van der Waals surface area contributed by atoms with E-state index < -0.39 is 5.97 Å². The lowest BCUT2D eigenvalue weighted by Gasteiger charge is -2.12. The van der Waals surface area contributed by atoms with E-state index in [2.05, 4.69) is 35.4 Å². The molecule has 1 aromatic heterocycles. The van der Waals surface area contributed by atoms with E-state index in [9.17, 15) is 4.79 Å². The van der Waals surface area contributed by atoms with Crippen LogP contribution in [0.15, 0.2) is 48.3 Å². The summed E-state index contributed by atoms with van der Waals surface area (Å²) in [5.74, 6) is 0.203. The van der Waals surface area contributed by atoms with Crippen LogP contribution in [-0.2, 0) is 29.1 Å². The third kappa shape index (κ3) is 4.42. The number of carboxylic acid groups (broad SMARTS) is 1. The Bertz CT molecular complexity index is 845. The zero-order valence-electron chi connectivity index (χ0n) is 15.2. The molecule has 0 saturated carbocycles. The van der Waals surface area contributed by atoms with Crippen molar-refractivity contribution in [1.82, 2.24) is 9.78 Å². The Morgan fingerprint density at radius 2 is 1.96 bits per heavy atom. The van der Waals surface area contributed by atoms with Crippen molar-refractivity contribution in [2.75, 3.05) is 0 Å². The van der Waals surface area contributed by atoms with Crippen LogP contribution < -0.4 is 0 Å². The molecular formula is C21H24N2O3. The van der Waals surface area contributed by atoms with Crippen LogP contribution in [0.3, 0.4) is 0 Å². The number of nitrogens with zero attached hydrogens (tertiary/aromatic N) is 2. The summed E-state index contributed by atoms with van der Waals surface area (Å²) in [5.41, 5.74) is 4.75. The van der Waals surface area contributed by atoms with E-state index in [1.54, 1.807) is 0 Å². The molecule has 5 heteroatoms. The highest BCUT2D eigenvalue weighted by molar-refractivity contribution is 5.70. The van der Waals surface area contributed by atoms with Crippen LogP contribution in [0.1, 0.15) is 40.9 Å². The monoisotopic (exact) mass is 352 g/mol. The summed E-state index contributed by atoms with van der Waals surface area (Å²) in [6, 6.07) is 8.28. The summed E-state index contributed by atoms with van der Waals surface area (Å²) < 4.78 is 7.71. The van der Waals surface area contributed by atoms with Gasteiger partial charge in [0.05, 0.1) is 24.4 Å². The summed E-state index contributed by atoms with van der Waals surface area (Å²) in [6.07, 6.45) is 8.22. The molecule has 1 aromatic carbocycles. The van der Waals surface area contributed by atoms with E-state index in [4.69, 9.17) is 9.84 Å². The van der Waals surface area contributed by atoms with Crippen molar-refractivity contribution in [3.8, 4) is 0 Å². The number of ether oxygens (including phenoxy) is 1. The lowest BCUT2D eigenvalue weighted by atomic mass is 10.1. The van der Waals surface area contributed by atoms with E-state index >= 15 is 0 Å². The second-order valence-corrected chi connectivity index (χ2v) is 6.58. The number of allylic oxidation sites excluding steroid dienone is 4. The Hall–Kier alpha value is -2.82. The summed E-state index contributed by atoms with van der Waals surface area (Å²) >= 11 is 0. The minimum Gasteiger partial charge on any atom is -0.493 e. The molecule has 0 radical (unpaired) electrons. The van der Waals surface area contributed by atoms with Gasteiger partial charge in [-0.1, -0.05) is 36.4 Å². The average Bonchev–Trinajstić information content (AvgIpc) is 2.89. The van der Waals surface area contributed by atoms with Gasteiger partial charge in [-0.15, -0.1) is 0 Å². The number of aliphatic carboxylic acids is 1. The van der Waals surface area contributed by atoms with Crippen LogP contribution in [0.4, 0.5) is 0 Å². The minimum atomic E-state index is -0.830. The number of carbonyl (C=O) groups is 1. The fourth-order valence-electron chi connectivity index (χ4n) is 3.09. The van der Waals surface area contributed by atoms with Crippen molar-refractivity contribution in [3.05, 3.63) is 76.3 Å². The van der Waals surface area contributed by atoms with Gasteiger partial charge in [0.2, 0.25) is 0 Å². The summed E-state index contributed by atoms with van der Waals surface area (Å²) in [4.78, 5) is 11.0. The van der Waals surface area contributed by atoms with E-state index in [0.29, 0.717) is 13.2 Å². The number of hydrogen-bond donors (Lipinski definition) is 1. The third-order valence-corrected chi connectivity index (χ3v) is 4.61. The summed E-state index contributed by atoms with van der Waals surface area (Å²) in [6.45, 7) is 4.98. The number of hydrogen-bond acceptors (Lipinski definition) is 3. The van der Waals surface area contributed by atoms with Crippen molar-refractivity contribution in [2.24, 2.45) is 0 Å². The highest BCUT2D eigenvalue weighted by atomic mass is 16.5. The lowest BCUT2D eigenvalue weighted by Crippen LogP contribution is -2.06. The van der Waals surface area contributed by atoms with Gasteiger partial charge in [0, 0.05) is 17.7 Å². The summed E-state index contributed by atoms with van der Waals surface area (Å²) in [5, 5.41) is 13.5. The molecule has 1 aliphatic carbocycles. The van der Waals surface area contributed by atoms with Gasteiger partial charge >= 0.3 is 5.97 Å². The van der Waals surface area contributed by atoms with E-state index in [1.807, 2.05) is 30.7 Å². The normalized spacial score (nSPS) is 13.5. The standard InChI is InChI=1S/C21H24N2O3/c1-15-20(12-21(24)25)16(2)23(22-15)13-17-8-10-18(11-9-17)14-26-19-6-4-3-5-7-19/h3-4,6,8-11H,5,7,12-14H2,1-2H3,(H,24,25). The molecule has 5 nitrogen and oxygen atoms in total. The van der Waals surface area contributed by atoms with Gasteiger partial charge in [-0.05, 0) is 37.5 Å². The van der Waals surface area contributed by atoms with E-state index in [-0.39, 0.29) is 6.42 Å². The molecule has 0 saturated heterocycles. The third-order valence-electron chi connectivity index (χ3n) is 4.61. The Labute approximate surface area is 153 Å². The van der Waals surface area contributed by atoms with Gasteiger partial charge in [-0.25, -0.2) is 0 Å². The molecule has 0 unspecified atom stereocenters. The summed E-state index contributed by atoms with van der Waals surface area (Å²) in [7, 11) is 0. The van der Waals surface area contributed by atoms with Gasteiger partial charge < -0.3 is 9.84 Å². The van der Waals surface area contributed by atoms with Crippen LogP contribution >= 0.6 is 0 Å².